The minimum absolute atomic E-state index is 0.349. The summed E-state index contributed by atoms with van der Waals surface area (Å²) in [5, 5.41) is 0. The van der Waals surface area contributed by atoms with Gasteiger partial charge in [-0.25, -0.2) is 4.79 Å². The normalized spacial score (nSPS) is 22.4. The summed E-state index contributed by atoms with van der Waals surface area (Å²) in [5.41, 5.74) is -3.16. The number of nitrogens with one attached hydrogen (secondary N) is 1. The summed E-state index contributed by atoms with van der Waals surface area (Å²) in [6.45, 7) is 9.50. The van der Waals surface area contributed by atoms with Crippen LogP contribution < -0.4 is 11.2 Å². The molecule has 0 aliphatic carbocycles. The number of carbonyl (C=O) groups excluding carboxylic acids is 3. The average Bonchev–Trinajstić information content (AvgIpc) is 2.87. The zero-order chi connectivity index (χ0) is 22.1. The second kappa shape index (κ2) is 7.94. The highest BCUT2D eigenvalue weighted by molar-refractivity contribution is 5.90. The standard InChI is InChI=1S/C19H26N2O8/c1-18(2,3)15(24)27-9-10-13(29-16(25)19(4,5)6)12(23)14(28-10)21-8-7-11(22)20-17(21)26/h7-8,10,13-14H,9H2,1-6H3,(H,20,22,26)/t10-,13-,14-/m1/s1. The predicted octanol–water partition coefficient (Wildman–Crippen LogP) is 0.550. The maximum absolute atomic E-state index is 12.9. The van der Waals surface area contributed by atoms with Gasteiger partial charge < -0.3 is 14.2 Å². The maximum atomic E-state index is 12.9. The van der Waals surface area contributed by atoms with Crippen molar-refractivity contribution in [2.45, 2.75) is 60.0 Å². The average molecular weight is 410 g/mol. The van der Waals surface area contributed by atoms with Crippen molar-refractivity contribution in [2.24, 2.45) is 10.8 Å². The Morgan fingerprint density at radius 1 is 1.07 bits per heavy atom. The molecule has 1 saturated heterocycles. The molecule has 2 heterocycles. The molecular formula is C19H26N2O8. The van der Waals surface area contributed by atoms with E-state index >= 15 is 0 Å². The summed E-state index contributed by atoms with van der Waals surface area (Å²) in [5.74, 6) is -1.88. The van der Waals surface area contributed by atoms with Crippen molar-refractivity contribution in [2.75, 3.05) is 6.61 Å². The Bertz CT molecular complexity index is 916. The van der Waals surface area contributed by atoms with Crippen molar-refractivity contribution >= 4 is 17.7 Å². The van der Waals surface area contributed by atoms with Crippen LogP contribution in [0, 0.1) is 10.8 Å². The lowest BCUT2D eigenvalue weighted by molar-refractivity contribution is -0.169. The Morgan fingerprint density at radius 3 is 2.17 bits per heavy atom. The number of carbonyl (C=O) groups is 3. The van der Waals surface area contributed by atoms with Crippen molar-refractivity contribution in [3.8, 4) is 0 Å². The SMILES string of the molecule is CC(C)(C)C(=O)OC[C@H]1O[C@@H](n2ccc(=O)[nH]c2=O)C(=O)[C@@H]1OC(=O)C(C)(C)C. The van der Waals surface area contributed by atoms with Gasteiger partial charge in [0, 0.05) is 12.3 Å². The van der Waals surface area contributed by atoms with E-state index in [4.69, 9.17) is 14.2 Å². The molecule has 3 atom stereocenters. The number of hydrogen-bond acceptors (Lipinski definition) is 8. The molecule has 1 aliphatic heterocycles. The Kier molecular flexibility index (Phi) is 6.17. The molecule has 0 saturated carbocycles. The molecule has 10 nitrogen and oxygen atoms in total. The van der Waals surface area contributed by atoms with E-state index in [1.165, 1.54) is 0 Å². The molecule has 2 rings (SSSR count). The third-order valence-corrected chi connectivity index (χ3v) is 4.11. The van der Waals surface area contributed by atoms with Crippen molar-refractivity contribution < 1.29 is 28.6 Å². The smallest absolute Gasteiger partial charge is 0.330 e. The summed E-state index contributed by atoms with van der Waals surface area (Å²) in [4.78, 5) is 62.6. The van der Waals surface area contributed by atoms with Crippen LogP contribution in [-0.4, -0.2) is 46.1 Å². The van der Waals surface area contributed by atoms with Crippen LogP contribution >= 0.6 is 0 Å². The number of aromatic nitrogens is 2. The van der Waals surface area contributed by atoms with Crippen LogP contribution in [0.5, 0.6) is 0 Å². The fourth-order valence-electron chi connectivity index (χ4n) is 2.37. The first-order chi connectivity index (χ1) is 13.2. The number of ketones is 1. The minimum atomic E-state index is -1.43. The molecule has 1 aromatic rings. The molecule has 1 fully saturated rings. The predicted molar refractivity (Wildman–Crippen MR) is 100.0 cm³/mol. The monoisotopic (exact) mass is 410 g/mol. The highest BCUT2D eigenvalue weighted by Gasteiger charge is 2.49. The number of hydrogen-bond donors (Lipinski definition) is 1. The van der Waals surface area contributed by atoms with Crippen molar-refractivity contribution in [1.82, 2.24) is 9.55 Å². The Balaban J connectivity index is 2.31. The first kappa shape index (κ1) is 22.5. The van der Waals surface area contributed by atoms with Crippen molar-refractivity contribution in [3.05, 3.63) is 33.1 Å². The largest absolute Gasteiger partial charge is 0.462 e. The summed E-state index contributed by atoms with van der Waals surface area (Å²) < 4.78 is 17.0. The van der Waals surface area contributed by atoms with Gasteiger partial charge >= 0.3 is 17.6 Å². The molecular weight excluding hydrogens is 384 g/mol. The van der Waals surface area contributed by atoms with Crippen LogP contribution in [0.1, 0.15) is 47.8 Å². The van der Waals surface area contributed by atoms with Gasteiger partial charge in [-0.15, -0.1) is 0 Å². The highest BCUT2D eigenvalue weighted by Crippen LogP contribution is 2.29. The fraction of sp³-hybridized carbons (Fsp3) is 0.632. The van der Waals surface area contributed by atoms with Crippen LogP contribution in [-0.2, 0) is 28.6 Å². The number of ether oxygens (including phenoxy) is 3. The first-order valence-electron chi connectivity index (χ1n) is 9.11. The number of Topliss-reactive ketones (excluding diaryl/α,β-unsaturated/α-hetero) is 1. The molecule has 1 aliphatic rings. The second-order valence-corrected chi connectivity index (χ2v) is 8.87. The molecule has 10 heteroatoms. The van der Waals surface area contributed by atoms with Crippen molar-refractivity contribution in [3.63, 3.8) is 0 Å². The van der Waals surface area contributed by atoms with Gasteiger partial charge in [0.1, 0.15) is 12.7 Å². The lowest BCUT2D eigenvalue weighted by Crippen LogP contribution is -2.40. The van der Waals surface area contributed by atoms with Gasteiger partial charge in [0.25, 0.3) is 5.56 Å². The van der Waals surface area contributed by atoms with Gasteiger partial charge in [0.05, 0.1) is 10.8 Å². The molecule has 0 aromatic carbocycles. The molecule has 0 unspecified atom stereocenters. The van der Waals surface area contributed by atoms with Gasteiger partial charge in [-0.3, -0.25) is 28.7 Å². The number of H-pyrrole nitrogens is 1. The summed E-state index contributed by atoms with van der Waals surface area (Å²) in [7, 11) is 0. The molecule has 0 amide bonds. The van der Waals surface area contributed by atoms with Crippen LogP contribution in [0.15, 0.2) is 21.9 Å². The number of rotatable bonds is 4. The maximum Gasteiger partial charge on any atom is 0.330 e. The van der Waals surface area contributed by atoms with Crippen molar-refractivity contribution in [1.29, 1.82) is 0 Å². The summed E-state index contributed by atoms with van der Waals surface area (Å²) >= 11 is 0. The van der Waals surface area contributed by atoms with Gasteiger partial charge in [0.15, 0.2) is 6.10 Å². The van der Waals surface area contributed by atoms with Crippen LogP contribution in [0.4, 0.5) is 0 Å². The lowest BCUT2D eigenvalue weighted by atomic mass is 9.97. The van der Waals surface area contributed by atoms with E-state index in [2.05, 4.69) is 0 Å². The molecule has 29 heavy (non-hydrogen) atoms. The fourth-order valence-corrected chi connectivity index (χ4v) is 2.37. The zero-order valence-corrected chi connectivity index (χ0v) is 17.3. The van der Waals surface area contributed by atoms with Gasteiger partial charge in [-0.05, 0) is 41.5 Å². The quantitative estimate of drug-likeness (QED) is 0.711. The van der Waals surface area contributed by atoms with Gasteiger partial charge in [-0.1, -0.05) is 0 Å². The molecule has 0 bridgehead atoms. The Labute approximate surface area is 167 Å². The van der Waals surface area contributed by atoms with Crippen LogP contribution in [0.25, 0.3) is 0 Å². The second-order valence-electron chi connectivity index (χ2n) is 8.87. The third-order valence-electron chi connectivity index (χ3n) is 4.11. The zero-order valence-electron chi connectivity index (χ0n) is 17.3. The van der Waals surface area contributed by atoms with Gasteiger partial charge in [0.2, 0.25) is 12.0 Å². The van der Waals surface area contributed by atoms with E-state index in [0.717, 1.165) is 16.8 Å². The van der Waals surface area contributed by atoms with Crippen LogP contribution in [0.2, 0.25) is 0 Å². The molecule has 1 aromatic heterocycles. The van der Waals surface area contributed by atoms with E-state index in [9.17, 15) is 24.0 Å². The molecule has 0 radical (unpaired) electrons. The summed E-state index contributed by atoms with van der Waals surface area (Å²) in [6, 6.07) is 1.06. The molecule has 160 valence electrons. The van der Waals surface area contributed by atoms with Gasteiger partial charge in [-0.2, -0.15) is 0 Å². The number of nitrogens with zero attached hydrogens (tertiary/aromatic N) is 1. The first-order valence-corrected chi connectivity index (χ1v) is 9.11. The van der Waals surface area contributed by atoms with E-state index in [1.54, 1.807) is 41.5 Å². The third kappa shape index (κ3) is 5.20. The Morgan fingerprint density at radius 2 is 1.66 bits per heavy atom. The van der Waals surface area contributed by atoms with Crippen LogP contribution in [0.3, 0.4) is 0 Å². The number of aromatic amines is 1. The highest BCUT2D eigenvalue weighted by atomic mass is 16.6. The minimum Gasteiger partial charge on any atom is -0.462 e. The Hall–Kier alpha value is -2.75. The van der Waals surface area contributed by atoms with E-state index < -0.39 is 58.2 Å². The lowest BCUT2D eigenvalue weighted by Gasteiger charge is -2.23. The molecule has 1 N–H and O–H groups in total. The number of esters is 2. The molecule has 0 spiro atoms. The van der Waals surface area contributed by atoms with E-state index in [1.807, 2.05) is 4.98 Å². The topological polar surface area (TPSA) is 134 Å². The summed E-state index contributed by atoms with van der Waals surface area (Å²) in [6.07, 6.45) is -2.81. The van der Waals surface area contributed by atoms with E-state index in [-0.39, 0.29) is 6.61 Å². The van der Waals surface area contributed by atoms with E-state index in [0.29, 0.717) is 0 Å².